The molecule has 0 aromatic rings. The number of esters is 2. The second-order valence-corrected chi connectivity index (χ2v) is 10.3. The highest BCUT2D eigenvalue weighted by atomic mass is 31.2. The average molecular weight is 509 g/mol. The molecule has 0 saturated carbocycles. The van der Waals surface area contributed by atoms with E-state index in [0.717, 1.165) is 38.5 Å². The molecular formula is C25H49O8P. The van der Waals surface area contributed by atoms with E-state index in [2.05, 4.69) is 18.4 Å². The minimum atomic E-state index is -4.72. The highest BCUT2D eigenvalue weighted by molar-refractivity contribution is 7.46. The molecule has 0 spiro atoms. The highest BCUT2D eigenvalue weighted by Gasteiger charge is 2.22. The molecule has 9 heteroatoms. The minimum absolute atomic E-state index is 0.208. The lowest BCUT2D eigenvalue weighted by molar-refractivity contribution is -0.161. The van der Waals surface area contributed by atoms with Crippen LogP contribution in [-0.4, -0.2) is 41.0 Å². The third-order valence-corrected chi connectivity index (χ3v) is 6.11. The number of phosphoric acid groups is 1. The summed E-state index contributed by atoms with van der Waals surface area (Å²) in [5.74, 6) is -0.903. The van der Waals surface area contributed by atoms with E-state index in [9.17, 15) is 14.2 Å². The highest BCUT2D eigenvalue weighted by Crippen LogP contribution is 2.35. The average Bonchev–Trinajstić information content (AvgIpc) is 2.78. The maximum atomic E-state index is 12.0. The van der Waals surface area contributed by atoms with Crippen molar-refractivity contribution in [3.8, 4) is 0 Å². The third kappa shape index (κ3) is 24.2. The zero-order chi connectivity index (χ0) is 25.5. The summed E-state index contributed by atoms with van der Waals surface area (Å²) in [6.07, 6.45) is 17.5. The van der Waals surface area contributed by atoms with Gasteiger partial charge in [0.2, 0.25) is 0 Å². The van der Waals surface area contributed by atoms with Gasteiger partial charge in [-0.25, -0.2) is 4.57 Å². The van der Waals surface area contributed by atoms with Crippen LogP contribution in [-0.2, 0) is 28.2 Å². The molecule has 202 valence electrons. The summed E-state index contributed by atoms with van der Waals surface area (Å²) >= 11 is 0. The molecule has 0 heterocycles. The molecule has 0 bridgehead atoms. The molecule has 0 fully saturated rings. The summed E-state index contributed by atoms with van der Waals surface area (Å²) in [7, 11) is -4.72. The Balaban J connectivity index is 3.97. The summed E-state index contributed by atoms with van der Waals surface area (Å²) in [6, 6.07) is 0. The van der Waals surface area contributed by atoms with Crippen molar-refractivity contribution in [1.82, 2.24) is 0 Å². The molecule has 0 aromatic carbocycles. The Hall–Kier alpha value is -0.950. The predicted molar refractivity (Wildman–Crippen MR) is 133 cm³/mol. The Labute approximate surface area is 206 Å². The third-order valence-electron chi connectivity index (χ3n) is 5.63. The molecule has 0 unspecified atom stereocenters. The van der Waals surface area contributed by atoms with Crippen LogP contribution in [0.3, 0.4) is 0 Å². The number of phosphoric ester groups is 1. The van der Waals surface area contributed by atoms with Gasteiger partial charge in [0.15, 0.2) is 6.10 Å². The lowest BCUT2D eigenvalue weighted by atomic mass is 10.0. The summed E-state index contributed by atoms with van der Waals surface area (Å²) in [5.41, 5.74) is 0. The van der Waals surface area contributed by atoms with Crippen molar-refractivity contribution in [2.24, 2.45) is 0 Å². The van der Waals surface area contributed by atoms with Crippen molar-refractivity contribution in [3.63, 3.8) is 0 Å². The van der Waals surface area contributed by atoms with E-state index in [1.807, 2.05) is 0 Å². The van der Waals surface area contributed by atoms with E-state index in [4.69, 9.17) is 19.3 Å². The molecule has 0 rings (SSSR count). The fourth-order valence-electron chi connectivity index (χ4n) is 3.61. The molecule has 0 aromatic heterocycles. The first-order chi connectivity index (χ1) is 16.3. The van der Waals surface area contributed by atoms with Crippen molar-refractivity contribution in [1.29, 1.82) is 0 Å². The predicted octanol–water partition coefficient (Wildman–Crippen LogP) is 6.61. The molecule has 0 aliphatic rings. The molecule has 0 saturated heterocycles. The lowest BCUT2D eigenvalue weighted by Gasteiger charge is -2.18. The Kier molecular flexibility index (Phi) is 21.9. The monoisotopic (exact) mass is 508 g/mol. The topological polar surface area (TPSA) is 119 Å². The van der Waals surface area contributed by atoms with Gasteiger partial charge in [-0.3, -0.25) is 14.1 Å². The lowest BCUT2D eigenvalue weighted by Crippen LogP contribution is -2.29. The van der Waals surface area contributed by atoms with Crippen molar-refractivity contribution in [2.75, 3.05) is 13.2 Å². The van der Waals surface area contributed by atoms with Crippen LogP contribution < -0.4 is 0 Å². The van der Waals surface area contributed by atoms with E-state index in [-0.39, 0.29) is 19.4 Å². The van der Waals surface area contributed by atoms with Gasteiger partial charge in [0.1, 0.15) is 6.61 Å². The quantitative estimate of drug-likeness (QED) is 0.0849. The van der Waals surface area contributed by atoms with Crippen LogP contribution in [0, 0.1) is 0 Å². The zero-order valence-electron chi connectivity index (χ0n) is 21.5. The van der Waals surface area contributed by atoms with Gasteiger partial charge in [-0.15, -0.1) is 0 Å². The van der Waals surface area contributed by atoms with Crippen LogP contribution >= 0.6 is 7.82 Å². The summed E-state index contributed by atoms with van der Waals surface area (Å²) in [4.78, 5) is 41.8. The van der Waals surface area contributed by atoms with Gasteiger partial charge in [-0.05, 0) is 12.8 Å². The molecule has 1 atom stereocenters. The van der Waals surface area contributed by atoms with Crippen LogP contribution in [0.5, 0.6) is 0 Å². The molecule has 34 heavy (non-hydrogen) atoms. The van der Waals surface area contributed by atoms with Crippen LogP contribution in [0.15, 0.2) is 0 Å². The van der Waals surface area contributed by atoms with Crippen molar-refractivity contribution >= 4 is 19.8 Å². The smallest absolute Gasteiger partial charge is 0.462 e. The number of carbonyl (C=O) groups excluding carboxylic acids is 2. The van der Waals surface area contributed by atoms with Gasteiger partial charge >= 0.3 is 19.8 Å². The van der Waals surface area contributed by atoms with Gasteiger partial charge in [0.25, 0.3) is 0 Å². The Morgan fingerprint density at radius 1 is 0.647 bits per heavy atom. The van der Waals surface area contributed by atoms with Crippen LogP contribution in [0.2, 0.25) is 0 Å². The van der Waals surface area contributed by atoms with Crippen molar-refractivity contribution in [2.45, 2.75) is 136 Å². The number of unbranched alkanes of at least 4 members (excludes halogenated alkanes) is 14. The van der Waals surface area contributed by atoms with Gasteiger partial charge in [-0.1, -0.05) is 104 Å². The first kappa shape index (κ1) is 33.0. The number of hydrogen-bond donors (Lipinski definition) is 2. The molecule has 0 radical (unpaired) electrons. The molecule has 2 N–H and O–H groups in total. The first-order valence-corrected chi connectivity index (χ1v) is 14.9. The van der Waals surface area contributed by atoms with E-state index in [0.29, 0.717) is 6.42 Å². The second-order valence-electron chi connectivity index (χ2n) is 9.03. The molecule has 8 nitrogen and oxygen atoms in total. The normalized spacial score (nSPS) is 12.5. The van der Waals surface area contributed by atoms with Crippen LogP contribution in [0.1, 0.15) is 129 Å². The molecule has 0 aliphatic heterocycles. The van der Waals surface area contributed by atoms with Gasteiger partial charge in [0, 0.05) is 12.8 Å². The van der Waals surface area contributed by atoms with E-state index in [1.165, 1.54) is 57.8 Å². The maximum absolute atomic E-state index is 12.0. The fourth-order valence-corrected chi connectivity index (χ4v) is 3.97. The second kappa shape index (κ2) is 22.5. The Bertz CT molecular complexity index is 549. The first-order valence-electron chi connectivity index (χ1n) is 13.3. The number of ether oxygens (including phenoxy) is 2. The Morgan fingerprint density at radius 2 is 1.06 bits per heavy atom. The fraction of sp³-hybridized carbons (Fsp3) is 0.920. The number of carbonyl (C=O) groups is 2. The number of rotatable bonds is 24. The van der Waals surface area contributed by atoms with Crippen LogP contribution in [0.4, 0.5) is 0 Å². The minimum Gasteiger partial charge on any atom is -0.462 e. The summed E-state index contributed by atoms with van der Waals surface area (Å²) < 4.78 is 25.8. The van der Waals surface area contributed by atoms with Crippen LogP contribution in [0.25, 0.3) is 0 Å². The summed E-state index contributed by atoms with van der Waals surface area (Å²) in [6.45, 7) is 3.49. The standard InChI is InChI=1S/C25H49O8P/c1-3-5-7-9-10-11-12-13-14-15-16-18-19-24(26)31-21-23(22-32-34(28,29)30)33-25(27)20-17-8-6-4-2/h23H,3-22H2,1-2H3,(H2,28,29,30)/t23-/m1/s1. The maximum Gasteiger partial charge on any atom is 0.469 e. The van der Waals surface area contributed by atoms with Gasteiger partial charge < -0.3 is 19.3 Å². The summed E-state index contributed by atoms with van der Waals surface area (Å²) in [5, 5.41) is 0. The van der Waals surface area contributed by atoms with Gasteiger partial charge in [0.05, 0.1) is 6.61 Å². The van der Waals surface area contributed by atoms with Crippen molar-refractivity contribution in [3.05, 3.63) is 0 Å². The Morgan fingerprint density at radius 3 is 1.53 bits per heavy atom. The molecular weight excluding hydrogens is 459 g/mol. The van der Waals surface area contributed by atoms with Gasteiger partial charge in [-0.2, -0.15) is 0 Å². The van der Waals surface area contributed by atoms with Crippen molar-refractivity contribution < 1.29 is 37.9 Å². The van der Waals surface area contributed by atoms with E-state index >= 15 is 0 Å². The zero-order valence-corrected chi connectivity index (χ0v) is 22.4. The van der Waals surface area contributed by atoms with E-state index < -0.39 is 32.5 Å². The molecule has 0 aliphatic carbocycles. The number of hydrogen-bond acceptors (Lipinski definition) is 6. The SMILES string of the molecule is CCCCCCCCCCCCCCC(=O)OC[C@H](COP(=O)(O)O)OC(=O)CCCCCC. The molecule has 0 amide bonds. The largest absolute Gasteiger partial charge is 0.469 e. The van der Waals surface area contributed by atoms with E-state index in [1.54, 1.807) is 0 Å².